The van der Waals surface area contributed by atoms with Gasteiger partial charge in [0.15, 0.2) is 0 Å². The quantitative estimate of drug-likeness (QED) is 0.781. The lowest BCUT2D eigenvalue weighted by Crippen LogP contribution is -2.40. The number of nitrogens with zero attached hydrogens (tertiary/aromatic N) is 2. The molecule has 1 aromatic rings. The normalized spacial score (nSPS) is 24.3. The van der Waals surface area contributed by atoms with Gasteiger partial charge < -0.3 is 9.64 Å². The van der Waals surface area contributed by atoms with Gasteiger partial charge in [0.25, 0.3) is 0 Å². The molecule has 0 N–H and O–H groups in total. The number of amides is 1. The molecule has 118 valence electrons. The Morgan fingerprint density at radius 2 is 2.18 bits per heavy atom. The van der Waals surface area contributed by atoms with Crippen LogP contribution in [0.4, 0.5) is 0 Å². The van der Waals surface area contributed by atoms with Gasteiger partial charge in [0, 0.05) is 31.7 Å². The van der Waals surface area contributed by atoms with Crippen molar-refractivity contribution in [2.75, 3.05) is 26.7 Å². The van der Waals surface area contributed by atoms with Gasteiger partial charge in [-0.05, 0) is 30.5 Å². The lowest BCUT2D eigenvalue weighted by molar-refractivity contribution is -0.131. The molecule has 2 atom stereocenters. The van der Waals surface area contributed by atoms with Crippen LogP contribution in [-0.2, 0) is 11.2 Å². The van der Waals surface area contributed by atoms with Crippen molar-refractivity contribution in [2.45, 2.75) is 31.3 Å². The van der Waals surface area contributed by atoms with E-state index in [1.807, 2.05) is 30.3 Å². The topological polar surface area (TPSA) is 32.8 Å². The summed E-state index contributed by atoms with van der Waals surface area (Å²) >= 11 is 0. The molecule has 0 unspecified atom stereocenters. The van der Waals surface area contributed by atoms with Crippen LogP contribution in [0.2, 0.25) is 0 Å². The SMILES string of the molecule is C=CCN1CC[C@@H]2[C@@H]1CCN2C(=O)Cc1cccc(OC)c1. The number of rotatable bonds is 5. The molecular formula is C18H24N2O2. The fraction of sp³-hybridized carbons (Fsp3) is 0.500. The third kappa shape index (κ3) is 2.88. The summed E-state index contributed by atoms with van der Waals surface area (Å²) < 4.78 is 5.23. The van der Waals surface area contributed by atoms with Gasteiger partial charge in [0.2, 0.25) is 5.91 Å². The van der Waals surface area contributed by atoms with E-state index >= 15 is 0 Å². The van der Waals surface area contributed by atoms with Gasteiger partial charge in [-0.1, -0.05) is 18.2 Å². The molecule has 0 saturated carbocycles. The fourth-order valence-corrected chi connectivity index (χ4v) is 3.84. The first-order chi connectivity index (χ1) is 10.7. The third-order valence-electron chi connectivity index (χ3n) is 4.86. The van der Waals surface area contributed by atoms with Crippen molar-refractivity contribution in [1.29, 1.82) is 0 Å². The summed E-state index contributed by atoms with van der Waals surface area (Å²) in [5.74, 6) is 1.05. The van der Waals surface area contributed by atoms with Gasteiger partial charge in [-0.2, -0.15) is 0 Å². The predicted octanol–water partition coefficient (Wildman–Crippen LogP) is 2.10. The highest BCUT2D eigenvalue weighted by molar-refractivity contribution is 5.79. The Balaban J connectivity index is 1.65. The summed E-state index contributed by atoms with van der Waals surface area (Å²) in [5.41, 5.74) is 1.02. The number of hydrogen-bond acceptors (Lipinski definition) is 3. The molecule has 0 spiro atoms. The standard InChI is InChI=1S/C18H24N2O2/c1-3-9-19-10-7-17-16(19)8-11-20(17)18(21)13-14-5-4-6-15(12-14)22-2/h3-6,12,16-17H,1,7-11,13H2,2H3/t16-,17+/m0/s1. The van der Waals surface area contributed by atoms with Gasteiger partial charge in [0.05, 0.1) is 13.5 Å². The summed E-state index contributed by atoms with van der Waals surface area (Å²) in [6, 6.07) is 8.70. The molecule has 3 rings (SSSR count). The highest BCUT2D eigenvalue weighted by atomic mass is 16.5. The van der Waals surface area contributed by atoms with E-state index in [1.165, 1.54) is 0 Å². The van der Waals surface area contributed by atoms with Crippen molar-refractivity contribution in [1.82, 2.24) is 9.80 Å². The first kappa shape index (κ1) is 15.1. The Kier molecular flexibility index (Phi) is 4.48. The molecule has 0 bridgehead atoms. The zero-order valence-corrected chi connectivity index (χ0v) is 13.2. The highest BCUT2D eigenvalue weighted by Gasteiger charge is 2.43. The van der Waals surface area contributed by atoms with E-state index in [4.69, 9.17) is 4.74 Å². The molecule has 0 aromatic heterocycles. The Morgan fingerprint density at radius 1 is 1.36 bits per heavy atom. The Labute approximate surface area is 132 Å². The number of ether oxygens (including phenoxy) is 1. The molecule has 2 heterocycles. The minimum atomic E-state index is 0.237. The molecule has 2 aliphatic rings. The second-order valence-corrected chi connectivity index (χ2v) is 6.11. The minimum Gasteiger partial charge on any atom is -0.497 e. The van der Waals surface area contributed by atoms with E-state index in [9.17, 15) is 4.79 Å². The van der Waals surface area contributed by atoms with Crippen LogP contribution in [0.3, 0.4) is 0 Å². The number of hydrogen-bond donors (Lipinski definition) is 0. The van der Waals surface area contributed by atoms with Crippen molar-refractivity contribution >= 4 is 5.91 Å². The predicted molar refractivity (Wildman–Crippen MR) is 87.0 cm³/mol. The lowest BCUT2D eigenvalue weighted by Gasteiger charge is -2.25. The molecule has 2 fully saturated rings. The first-order valence-electron chi connectivity index (χ1n) is 8.00. The molecule has 0 radical (unpaired) electrons. The van der Waals surface area contributed by atoms with Crippen molar-refractivity contribution in [3.8, 4) is 5.75 Å². The second kappa shape index (κ2) is 6.53. The van der Waals surface area contributed by atoms with Crippen molar-refractivity contribution in [2.24, 2.45) is 0 Å². The molecular weight excluding hydrogens is 276 g/mol. The Morgan fingerprint density at radius 3 is 2.95 bits per heavy atom. The average molecular weight is 300 g/mol. The van der Waals surface area contributed by atoms with Crippen LogP contribution < -0.4 is 4.74 Å². The van der Waals surface area contributed by atoms with E-state index in [0.717, 1.165) is 43.8 Å². The number of benzene rings is 1. The van der Waals surface area contributed by atoms with E-state index in [-0.39, 0.29) is 5.91 Å². The molecule has 0 aliphatic carbocycles. The third-order valence-corrected chi connectivity index (χ3v) is 4.86. The second-order valence-electron chi connectivity index (χ2n) is 6.11. The Hall–Kier alpha value is -1.81. The van der Waals surface area contributed by atoms with E-state index < -0.39 is 0 Å². The van der Waals surface area contributed by atoms with E-state index in [0.29, 0.717) is 18.5 Å². The monoisotopic (exact) mass is 300 g/mol. The number of carbonyl (C=O) groups excluding carboxylic acids is 1. The number of likely N-dealkylation sites (tertiary alicyclic amines) is 2. The maximum atomic E-state index is 12.7. The van der Waals surface area contributed by atoms with E-state index in [2.05, 4.69) is 16.4 Å². The van der Waals surface area contributed by atoms with Crippen LogP contribution >= 0.6 is 0 Å². The zero-order chi connectivity index (χ0) is 15.5. The molecule has 2 aliphatic heterocycles. The largest absolute Gasteiger partial charge is 0.497 e. The van der Waals surface area contributed by atoms with Gasteiger partial charge >= 0.3 is 0 Å². The summed E-state index contributed by atoms with van der Waals surface area (Å²) in [7, 11) is 1.65. The van der Waals surface area contributed by atoms with Crippen molar-refractivity contribution < 1.29 is 9.53 Å². The maximum Gasteiger partial charge on any atom is 0.227 e. The fourth-order valence-electron chi connectivity index (χ4n) is 3.84. The molecule has 2 saturated heterocycles. The van der Waals surface area contributed by atoms with Gasteiger partial charge in [0.1, 0.15) is 5.75 Å². The molecule has 4 nitrogen and oxygen atoms in total. The number of fused-ring (bicyclic) bond motifs is 1. The summed E-state index contributed by atoms with van der Waals surface area (Å²) in [5, 5.41) is 0. The van der Waals surface area contributed by atoms with Gasteiger partial charge in [-0.15, -0.1) is 6.58 Å². The summed E-state index contributed by atoms with van der Waals surface area (Å²) in [4.78, 5) is 17.2. The number of carbonyl (C=O) groups is 1. The smallest absolute Gasteiger partial charge is 0.227 e. The lowest BCUT2D eigenvalue weighted by atomic mass is 10.1. The van der Waals surface area contributed by atoms with Crippen LogP contribution in [0, 0.1) is 0 Å². The number of methoxy groups -OCH3 is 1. The Bertz CT molecular complexity index is 558. The van der Waals surface area contributed by atoms with Crippen LogP contribution in [0.15, 0.2) is 36.9 Å². The zero-order valence-electron chi connectivity index (χ0n) is 13.2. The average Bonchev–Trinajstić information content (AvgIpc) is 3.11. The minimum absolute atomic E-state index is 0.237. The van der Waals surface area contributed by atoms with Crippen LogP contribution in [0.1, 0.15) is 18.4 Å². The van der Waals surface area contributed by atoms with E-state index in [1.54, 1.807) is 7.11 Å². The van der Waals surface area contributed by atoms with Crippen molar-refractivity contribution in [3.63, 3.8) is 0 Å². The van der Waals surface area contributed by atoms with Crippen LogP contribution in [0.5, 0.6) is 5.75 Å². The molecule has 4 heteroatoms. The maximum absolute atomic E-state index is 12.7. The van der Waals surface area contributed by atoms with Gasteiger partial charge in [-0.3, -0.25) is 9.69 Å². The van der Waals surface area contributed by atoms with Gasteiger partial charge in [-0.25, -0.2) is 0 Å². The molecule has 1 amide bonds. The molecule has 22 heavy (non-hydrogen) atoms. The first-order valence-corrected chi connectivity index (χ1v) is 8.00. The summed E-state index contributed by atoms with van der Waals surface area (Å²) in [6.45, 7) is 6.71. The highest BCUT2D eigenvalue weighted by Crippen LogP contribution is 2.31. The van der Waals surface area contributed by atoms with Crippen molar-refractivity contribution in [3.05, 3.63) is 42.5 Å². The summed E-state index contributed by atoms with van der Waals surface area (Å²) in [6.07, 6.45) is 4.59. The molecule has 1 aromatic carbocycles. The van der Waals surface area contributed by atoms with Crippen LogP contribution in [0.25, 0.3) is 0 Å². The van der Waals surface area contributed by atoms with Crippen LogP contribution in [-0.4, -0.2) is 54.5 Å².